The van der Waals surface area contributed by atoms with Gasteiger partial charge in [-0.1, -0.05) is 13.0 Å². The molecule has 5 heteroatoms. The highest BCUT2D eigenvalue weighted by Gasteiger charge is 2.25. The van der Waals surface area contributed by atoms with Crippen LogP contribution in [0.15, 0.2) is 30.6 Å². The number of hydrogen-bond donors (Lipinski definition) is 1. The molecule has 1 saturated heterocycles. The van der Waals surface area contributed by atoms with Crippen molar-refractivity contribution in [2.75, 3.05) is 19.6 Å². The van der Waals surface area contributed by atoms with Gasteiger partial charge in [0.05, 0.1) is 12.1 Å². The molecule has 1 aliphatic heterocycles. The Kier molecular flexibility index (Phi) is 4.73. The van der Waals surface area contributed by atoms with E-state index >= 15 is 0 Å². The van der Waals surface area contributed by atoms with Gasteiger partial charge in [-0.2, -0.15) is 0 Å². The molecule has 5 nitrogen and oxygen atoms in total. The van der Waals surface area contributed by atoms with Gasteiger partial charge in [-0.3, -0.25) is 4.79 Å². The summed E-state index contributed by atoms with van der Waals surface area (Å²) in [6.07, 6.45) is 7.42. The van der Waals surface area contributed by atoms with Crippen molar-refractivity contribution >= 4 is 11.6 Å². The third-order valence-electron chi connectivity index (χ3n) is 4.28. The first-order chi connectivity index (χ1) is 10.8. The molecule has 22 heavy (non-hydrogen) atoms. The van der Waals surface area contributed by atoms with Crippen molar-refractivity contribution in [2.45, 2.75) is 38.6 Å². The molecule has 0 spiro atoms. The molecule has 1 aliphatic rings. The number of fused-ring (bicyclic) bond motifs is 1. The van der Waals surface area contributed by atoms with E-state index in [1.165, 1.54) is 0 Å². The molecule has 3 heterocycles. The van der Waals surface area contributed by atoms with Crippen molar-refractivity contribution in [2.24, 2.45) is 0 Å². The van der Waals surface area contributed by atoms with E-state index in [0.29, 0.717) is 12.5 Å². The average Bonchev–Trinajstić information content (AvgIpc) is 2.95. The number of carbonyl (C=O) groups excluding carboxylic acids is 1. The highest BCUT2D eigenvalue weighted by molar-refractivity contribution is 5.78. The Hall–Kier alpha value is -1.88. The van der Waals surface area contributed by atoms with Gasteiger partial charge < -0.3 is 14.6 Å². The number of imidazole rings is 1. The first kappa shape index (κ1) is 15.0. The second kappa shape index (κ2) is 6.92. The molecule has 0 aromatic carbocycles. The summed E-state index contributed by atoms with van der Waals surface area (Å²) in [4.78, 5) is 19.4. The fraction of sp³-hybridized carbons (Fsp3) is 0.529. The lowest BCUT2D eigenvalue weighted by atomic mass is 10.0. The number of pyridine rings is 1. The molecule has 2 aromatic heterocycles. The van der Waals surface area contributed by atoms with E-state index in [2.05, 4.69) is 22.1 Å². The highest BCUT2D eigenvalue weighted by Crippen LogP contribution is 2.15. The summed E-state index contributed by atoms with van der Waals surface area (Å²) in [5, 5.41) is 3.36. The van der Waals surface area contributed by atoms with Crippen LogP contribution in [0.3, 0.4) is 0 Å². The molecule has 2 aromatic rings. The smallest absolute Gasteiger partial charge is 0.228 e. The lowest BCUT2D eigenvalue weighted by Crippen LogP contribution is -2.47. The molecule has 1 fully saturated rings. The number of piperidine rings is 1. The second-order valence-corrected chi connectivity index (χ2v) is 5.94. The first-order valence-electron chi connectivity index (χ1n) is 8.20. The lowest BCUT2D eigenvalue weighted by Gasteiger charge is -2.34. The number of hydrogen-bond acceptors (Lipinski definition) is 3. The van der Waals surface area contributed by atoms with Gasteiger partial charge in [-0.15, -0.1) is 0 Å². The van der Waals surface area contributed by atoms with Gasteiger partial charge >= 0.3 is 0 Å². The van der Waals surface area contributed by atoms with Crippen LogP contribution in [0.4, 0.5) is 0 Å². The zero-order valence-electron chi connectivity index (χ0n) is 13.2. The molecule has 118 valence electrons. The Morgan fingerprint density at radius 2 is 2.23 bits per heavy atom. The number of nitrogens with one attached hydrogen (secondary N) is 1. The van der Waals surface area contributed by atoms with Crippen LogP contribution in [-0.4, -0.2) is 45.9 Å². The Balaban J connectivity index is 1.72. The minimum Gasteiger partial charge on any atom is -0.339 e. The van der Waals surface area contributed by atoms with Crippen LogP contribution in [0.1, 0.15) is 31.9 Å². The molecule has 0 saturated carbocycles. The van der Waals surface area contributed by atoms with Gasteiger partial charge in [0.2, 0.25) is 5.91 Å². The molecular formula is C17H24N4O. The SMILES string of the molecule is CCCN(C(=O)Cc1cn2ccccc2n1)C1CCNCC1. The second-order valence-electron chi connectivity index (χ2n) is 5.94. The molecule has 1 N–H and O–H groups in total. The van der Waals surface area contributed by atoms with Gasteiger partial charge in [0.25, 0.3) is 0 Å². The van der Waals surface area contributed by atoms with Crippen molar-refractivity contribution in [1.29, 1.82) is 0 Å². The Bertz CT molecular complexity index is 597. The van der Waals surface area contributed by atoms with Crippen molar-refractivity contribution in [3.05, 3.63) is 36.3 Å². The van der Waals surface area contributed by atoms with E-state index in [9.17, 15) is 4.79 Å². The van der Waals surface area contributed by atoms with E-state index in [1.54, 1.807) is 0 Å². The Morgan fingerprint density at radius 1 is 1.41 bits per heavy atom. The van der Waals surface area contributed by atoms with E-state index in [0.717, 1.165) is 50.2 Å². The van der Waals surface area contributed by atoms with Gasteiger partial charge in [0, 0.05) is 25.0 Å². The van der Waals surface area contributed by atoms with Crippen LogP contribution >= 0.6 is 0 Å². The summed E-state index contributed by atoms with van der Waals surface area (Å²) in [5.41, 5.74) is 1.75. The third-order valence-corrected chi connectivity index (χ3v) is 4.28. The quantitative estimate of drug-likeness (QED) is 0.917. The lowest BCUT2D eigenvalue weighted by molar-refractivity contribution is -0.133. The van der Waals surface area contributed by atoms with Gasteiger partial charge in [-0.05, 0) is 44.5 Å². The normalized spacial score (nSPS) is 16.0. The summed E-state index contributed by atoms with van der Waals surface area (Å²) in [7, 11) is 0. The van der Waals surface area contributed by atoms with Crippen molar-refractivity contribution in [3.8, 4) is 0 Å². The number of nitrogens with zero attached hydrogens (tertiary/aromatic N) is 3. The average molecular weight is 300 g/mol. The predicted molar refractivity (Wildman–Crippen MR) is 86.8 cm³/mol. The number of carbonyl (C=O) groups is 1. The number of aromatic nitrogens is 2. The zero-order chi connectivity index (χ0) is 15.4. The molecule has 0 aliphatic carbocycles. The molecular weight excluding hydrogens is 276 g/mol. The van der Waals surface area contributed by atoms with Gasteiger partial charge in [0.1, 0.15) is 5.65 Å². The molecule has 1 amide bonds. The monoisotopic (exact) mass is 300 g/mol. The van der Waals surface area contributed by atoms with Crippen molar-refractivity contribution < 1.29 is 4.79 Å². The predicted octanol–water partition coefficient (Wildman–Crippen LogP) is 1.87. The zero-order valence-corrected chi connectivity index (χ0v) is 13.2. The van der Waals surface area contributed by atoms with Crippen LogP contribution < -0.4 is 5.32 Å². The topological polar surface area (TPSA) is 49.6 Å². The standard InChI is InChI=1S/C17H24N4O/c1-2-10-21(15-6-8-18-9-7-15)17(22)12-14-13-20-11-4-3-5-16(20)19-14/h3-5,11,13,15,18H,2,6-10,12H2,1H3. The van der Waals surface area contributed by atoms with Crippen LogP contribution in [0.25, 0.3) is 5.65 Å². The maximum absolute atomic E-state index is 12.7. The van der Waals surface area contributed by atoms with Crippen LogP contribution in [0.2, 0.25) is 0 Å². The summed E-state index contributed by atoms with van der Waals surface area (Å²) in [6.45, 7) is 4.99. The molecule has 0 unspecified atom stereocenters. The number of rotatable bonds is 5. The largest absolute Gasteiger partial charge is 0.339 e. The van der Waals surface area contributed by atoms with E-state index in [-0.39, 0.29) is 5.91 Å². The Labute approximate surface area is 131 Å². The van der Waals surface area contributed by atoms with Crippen LogP contribution in [0, 0.1) is 0 Å². The van der Waals surface area contributed by atoms with Gasteiger partial charge in [-0.25, -0.2) is 4.98 Å². The first-order valence-corrected chi connectivity index (χ1v) is 8.20. The molecule has 3 rings (SSSR count). The summed E-state index contributed by atoms with van der Waals surface area (Å²) < 4.78 is 1.97. The summed E-state index contributed by atoms with van der Waals surface area (Å²) in [5.74, 6) is 0.206. The minimum absolute atomic E-state index is 0.206. The van der Waals surface area contributed by atoms with E-state index in [4.69, 9.17) is 0 Å². The van der Waals surface area contributed by atoms with E-state index < -0.39 is 0 Å². The summed E-state index contributed by atoms with van der Waals surface area (Å²) >= 11 is 0. The van der Waals surface area contributed by atoms with Crippen LogP contribution in [-0.2, 0) is 11.2 Å². The van der Waals surface area contributed by atoms with Crippen molar-refractivity contribution in [1.82, 2.24) is 19.6 Å². The fourth-order valence-corrected chi connectivity index (χ4v) is 3.20. The van der Waals surface area contributed by atoms with Gasteiger partial charge in [0.15, 0.2) is 0 Å². The third kappa shape index (κ3) is 3.30. The van der Waals surface area contributed by atoms with Crippen LogP contribution in [0.5, 0.6) is 0 Å². The van der Waals surface area contributed by atoms with E-state index in [1.807, 2.05) is 35.0 Å². The minimum atomic E-state index is 0.206. The number of amides is 1. The Morgan fingerprint density at radius 3 is 2.95 bits per heavy atom. The molecule has 0 atom stereocenters. The summed E-state index contributed by atoms with van der Waals surface area (Å²) in [6, 6.07) is 6.28. The molecule has 0 radical (unpaired) electrons. The molecule has 0 bridgehead atoms. The highest BCUT2D eigenvalue weighted by atomic mass is 16.2. The maximum atomic E-state index is 12.7. The fourth-order valence-electron chi connectivity index (χ4n) is 3.20. The van der Waals surface area contributed by atoms with Crippen molar-refractivity contribution in [3.63, 3.8) is 0 Å². The maximum Gasteiger partial charge on any atom is 0.228 e.